The van der Waals surface area contributed by atoms with E-state index >= 15 is 0 Å². The van der Waals surface area contributed by atoms with E-state index in [-0.39, 0.29) is 32.5 Å². The molecule has 5 heterocycles. The Kier molecular flexibility index (Phi) is 18.3. The fourth-order valence-corrected chi connectivity index (χ4v) is 21.7. The predicted molar refractivity (Wildman–Crippen MR) is 443 cm³/mol. The number of rotatable bonds is 5. The Balaban J connectivity index is 0.000000122. The van der Waals surface area contributed by atoms with Crippen LogP contribution in [0, 0.1) is 69.2 Å². The van der Waals surface area contributed by atoms with Gasteiger partial charge in [-0.25, -0.2) is 22.8 Å². The molecular formula is C101H128N5+5. The van der Waals surface area contributed by atoms with Gasteiger partial charge in [0.2, 0.25) is 28.5 Å². The van der Waals surface area contributed by atoms with E-state index in [2.05, 4.69) is 307 Å². The zero-order chi connectivity index (χ0) is 80.9. The maximum Gasteiger partial charge on any atom is 0.216 e. The van der Waals surface area contributed by atoms with Crippen LogP contribution in [-0.4, -0.2) is 0 Å². The van der Waals surface area contributed by atoms with Crippen LogP contribution in [0.15, 0.2) is 152 Å². The van der Waals surface area contributed by atoms with Crippen LogP contribution in [0.25, 0.3) is 56.3 Å². The number of hydrogen-bond acceptors (Lipinski definition) is 0. The second-order valence-electron chi connectivity index (χ2n) is 37.7. The lowest BCUT2D eigenvalue weighted by Gasteiger charge is -2.22. The van der Waals surface area contributed by atoms with Crippen molar-refractivity contribution in [3.05, 3.63) is 264 Å². The Morgan fingerprint density at radius 1 is 0.321 bits per heavy atom. The van der Waals surface area contributed by atoms with Gasteiger partial charge in [0.05, 0.1) is 0 Å². The van der Waals surface area contributed by atoms with E-state index in [0.717, 1.165) is 46.2 Å². The number of nitrogens with zero attached hydrogens (tertiary/aromatic N) is 5. The zero-order valence-electron chi connectivity index (χ0n) is 74.7. The van der Waals surface area contributed by atoms with Crippen LogP contribution in [0.2, 0.25) is 0 Å². The minimum Gasteiger partial charge on any atom is -0.201 e. The van der Waals surface area contributed by atoms with Crippen LogP contribution >= 0.6 is 0 Å². The topological polar surface area (TPSA) is 19.4 Å². The molecular weight excluding hydrogens is 1280 g/mol. The van der Waals surface area contributed by atoms with Crippen molar-refractivity contribution in [2.75, 3.05) is 0 Å². The lowest BCUT2D eigenvalue weighted by molar-refractivity contribution is -0.661. The highest BCUT2D eigenvalue weighted by Gasteiger charge is 2.50. The average Bonchev–Trinajstić information content (AvgIpc) is 1.55. The number of aromatic nitrogens is 5. The summed E-state index contributed by atoms with van der Waals surface area (Å²) >= 11 is 0. The Hall–Kier alpha value is -8.15. The van der Waals surface area contributed by atoms with Gasteiger partial charge in [0, 0.05) is 92.8 Å². The molecule has 7 aliphatic rings. The summed E-state index contributed by atoms with van der Waals surface area (Å²) < 4.78 is 51.8. The van der Waals surface area contributed by atoms with Gasteiger partial charge >= 0.3 is 0 Å². The van der Waals surface area contributed by atoms with Crippen LogP contribution in [0.3, 0.4) is 0 Å². The summed E-state index contributed by atoms with van der Waals surface area (Å²) in [6.45, 7) is 46.0. The number of hydrogen-bond donors (Lipinski definition) is 0. The Labute approximate surface area is 647 Å². The molecule has 7 aliphatic carbocycles. The van der Waals surface area contributed by atoms with E-state index in [4.69, 9.17) is 6.85 Å². The third-order valence-corrected chi connectivity index (χ3v) is 25.8. The minimum absolute atomic E-state index is 0.213. The van der Waals surface area contributed by atoms with Gasteiger partial charge in [-0.05, 0) is 269 Å². The molecule has 5 heteroatoms. The maximum absolute atomic E-state index is 8.95. The lowest BCUT2D eigenvalue weighted by Crippen LogP contribution is -2.34. The fraction of sp³-hybridized carbons (Fsp3) is 0.455. The van der Waals surface area contributed by atoms with Gasteiger partial charge in [0.15, 0.2) is 31.0 Å². The monoisotopic (exact) mass is 1420 g/mol. The summed E-state index contributed by atoms with van der Waals surface area (Å²) in [5.74, 6) is 0.284. The molecule has 0 N–H and O–H groups in total. The molecule has 552 valence electrons. The molecule has 0 saturated heterocycles. The van der Waals surface area contributed by atoms with Crippen molar-refractivity contribution < 1.29 is 29.7 Å². The fourth-order valence-electron chi connectivity index (χ4n) is 21.7. The van der Waals surface area contributed by atoms with Crippen molar-refractivity contribution in [1.82, 2.24) is 0 Å². The van der Waals surface area contributed by atoms with Crippen molar-refractivity contribution in [3.63, 3.8) is 0 Å². The van der Waals surface area contributed by atoms with Gasteiger partial charge in [-0.3, -0.25) is 0 Å². The molecule has 4 bridgehead atoms. The second-order valence-corrected chi connectivity index (χ2v) is 37.7. The van der Waals surface area contributed by atoms with E-state index in [1.54, 1.807) is 23.3 Å². The van der Waals surface area contributed by atoms with Crippen molar-refractivity contribution in [2.24, 2.45) is 35.2 Å². The first-order chi connectivity index (χ1) is 51.6. The largest absolute Gasteiger partial charge is 0.216 e. The van der Waals surface area contributed by atoms with Crippen molar-refractivity contribution in [1.29, 1.82) is 0 Å². The summed E-state index contributed by atoms with van der Waals surface area (Å²) in [6.07, 6.45) is 20.9. The molecule has 0 spiro atoms. The van der Waals surface area contributed by atoms with Crippen molar-refractivity contribution in [2.45, 2.75) is 266 Å². The van der Waals surface area contributed by atoms with Crippen molar-refractivity contribution in [3.8, 4) is 56.3 Å². The second kappa shape index (κ2) is 27.8. The van der Waals surface area contributed by atoms with Crippen LogP contribution < -0.4 is 22.8 Å². The van der Waals surface area contributed by atoms with E-state index in [1.807, 2.05) is 36.9 Å². The molecule has 5 aromatic carbocycles. The number of benzene rings is 5. The van der Waals surface area contributed by atoms with Gasteiger partial charge in [-0.1, -0.05) is 172 Å². The normalized spacial score (nSPS) is 22.3. The average molecular weight is 1420 g/mol. The SMILES string of the molecule is Cc1ccc(-c2c3c(cc[n+]2C)C(C)(C)CC3(C)C)c(C)c1.Cc1ccc(-c2c3c(cc[n+]2C)C(C)(C)CC3(C)C)c(C)c1.Cc1ccc(-c2c3c(cc[n+]2C)C2CCC3C2)c(C)c1.Cc1ccc(-c2cc3c(c[n+]2C)C(C)(C)CC3(C)C)c(C)c1.[2H]C([2H])([2H])c1ccc(-c2c3c(cc[n+]2C)C2([2H])CCC3([2H])C2)c(C)c1. The smallest absolute Gasteiger partial charge is 0.201 e. The number of aryl methyl sites for hydroxylation is 15. The van der Waals surface area contributed by atoms with E-state index in [9.17, 15) is 0 Å². The standard InChI is InChI=1S/3C21H28N.2C19H22N/c1-14-8-9-16(15(2)10-14)19-11-17-18(12-22(19)7)21(5,6)13-20(17,3)4;2*1-14-8-9-16(15(2)12-14)19-18-17(10-11-22(19)7)20(3,4)13-21(18,5)6;2*1-12-4-7-16(13(2)10-12)19-18-15-6-5-14(11-15)17(18)8-9-20(19)3/h3*8-12H,13H2,1-7H3;2*4,7-10,14-15H,5-6,11H2,1-3H3/q5*+1/i;;;1D3,14D,15D;. The first-order valence-corrected chi connectivity index (χ1v) is 39.7. The van der Waals surface area contributed by atoms with Crippen LogP contribution in [0.4, 0.5) is 0 Å². The summed E-state index contributed by atoms with van der Waals surface area (Å²) in [5, 5.41) is 0. The molecule has 17 rings (SSSR count). The summed E-state index contributed by atoms with van der Waals surface area (Å²) in [6, 6.07) is 44.0. The van der Waals surface area contributed by atoms with Crippen LogP contribution in [0.1, 0.15) is 283 Å². The Morgan fingerprint density at radius 2 is 0.679 bits per heavy atom. The molecule has 0 aliphatic heterocycles. The van der Waals surface area contributed by atoms with E-state index in [1.165, 1.54) is 161 Å². The van der Waals surface area contributed by atoms with Gasteiger partial charge < -0.3 is 0 Å². The van der Waals surface area contributed by atoms with Gasteiger partial charge in [0.25, 0.3) is 0 Å². The van der Waals surface area contributed by atoms with Crippen LogP contribution in [0.5, 0.6) is 0 Å². The van der Waals surface area contributed by atoms with Crippen molar-refractivity contribution >= 4 is 0 Å². The predicted octanol–water partition coefficient (Wildman–Crippen LogP) is 22.6. The third-order valence-electron chi connectivity index (χ3n) is 25.8. The number of pyridine rings is 5. The minimum atomic E-state index is -2.12. The number of fused-ring (bicyclic) bond motifs is 13. The maximum atomic E-state index is 8.95. The molecule has 2 saturated carbocycles. The highest BCUT2D eigenvalue weighted by molar-refractivity contribution is 5.73. The first-order valence-electron chi connectivity index (χ1n) is 42.2. The van der Waals surface area contributed by atoms with Crippen LogP contribution in [-0.2, 0) is 67.7 Å². The molecule has 2 fully saturated rings. The molecule has 4 unspecified atom stereocenters. The highest BCUT2D eigenvalue weighted by Crippen LogP contribution is 2.58. The highest BCUT2D eigenvalue weighted by atomic mass is 15.0. The Morgan fingerprint density at radius 3 is 1.14 bits per heavy atom. The lowest BCUT2D eigenvalue weighted by atomic mass is 9.81. The summed E-state index contributed by atoms with van der Waals surface area (Å²) in [7, 11) is 10.7. The van der Waals surface area contributed by atoms with Gasteiger partial charge in [-0.15, -0.1) is 0 Å². The third kappa shape index (κ3) is 13.9. The van der Waals surface area contributed by atoms with E-state index in [0.29, 0.717) is 18.4 Å². The molecule has 106 heavy (non-hydrogen) atoms. The molecule has 5 nitrogen and oxygen atoms in total. The van der Waals surface area contributed by atoms with Gasteiger partial charge in [-0.2, -0.15) is 0 Å². The quantitative estimate of drug-likeness (QED) is 0.153. The zero-order valence-corrected chi connectivity index (χ0v) is 69.7. The summed E-state index contributed by atoms with van der Waals surface area (Å²) in [4.78, 5) is 0. The molecule has 10 aromatic rings. The molecule has 0 radical (unpaired) electrons. The van der Waals surface area contributed by atoms with Gasteiger partial charge in [0.1, 0.15) is 35.2 Å². The van der Waals surface area contributed by atoms with E-state index < -0.39 is 18.6 Å². The first kappa shape index (κ1) is 69.6. The summed E-state index contributed by atoms with van der Waals surface area (Å²) in [5.41, 5.74) is 40.8. The Bertz CT molecular complexity index is 5250. The molecule has 5 aromatic heterocycles. The molecule has 0 amide bonds. The molecule has 4 atom stereocenters.